The predicted molar refractivity (Wildman–Crippen MR) is 63.2 cm³/mol. The van der Waals surface area contributed by atoms with Crippen molar-refractivity contribution < 1.29 is 5.11 Å². The normalized spacial score (nSPS) is 17.5. The van der Waals surface area contributed by atoms with Gasteiger partial charge in [0.1, 0.15) is 5.01 Å². The number of hydrogen-bond acceptors (Lipinski definition) is 6. The van der Waals surface area contributed by atoms with Gasteiger partial charge in [0.15, 0.2) is 0 Å². The van der Waals surface area contributed by atoms with Gasteiger partial charge in [-0.1, -0.05) is 11.3 Å². The number of β-amino-alcohol motifs (C(OH)–C–C–N with tert-alkyl or cyclic N) is 1. The zero-order valence-corrected chi connectivity index (χ0v) is 10.1. The second kappa shape index (κ2) is 3.86. The number of rotatable bonds is 2. The maximum atomic E-state index is 11.6. The third-order valence-electron chi connectivity index (χ3n) is 2.71. The third-order valence-corrected chi connectivity index (χ3v) is 3.60. The van der Waals surface area contributed by atoms with Crippen LogP contribution < -0.4 is 5.56 Å². The van der Waals surface area contributed by atoms with Crippen LogP contribution in [-0.2, 0) is 6.54 Å². The minimum atomic E-state index is -0.215. The summed E-state index contributed by atoms with van der Waals surface area (Å²) in [6.07, 6.45) is -0.215. The van der Waals surface area contributed by atoms with Crippen LogP contribution in [0.2, 0.25) is 0 Å². The summed E-state index contributed by atoms with van der Waals surface area (Å²) in [7, 11) is 0. The second-order valence-corrected chi connectivity index (χ2v) is 5.31. The Labute approximate surface area is 101 Å². The Hall–Kier alpha value is -1.31. The van der Waals surface area contributed by atoms with Crippen LogP contribution in [0.1, 0.15) is 10.7 Å². The van der Waals surface area contributed by atoms with E-state index in [9.17, 15) is 9.90 Å². The molecule has 1 saturated heterocycles. The lowest BCUT2D eigenvalue weighted by Crippen LogP contribution is -2.49. The molecule has 1 fully saturated rings. The van der Waals surface area contributed by atoms with Crippen molar-refractivity contribution >= 4 is 16.3 Å². The zero-order valence-electron chi connectivity index (χ0n) is 9.33. The summed E-state index contributed by atoms with van der Waals surface area (Å²) < 4.78 is 1.34. The first-order chi connectivity index (χ1) is 8.11. The van der Waals surface area contributed by atoms with E-state index < -0.39 is 0 Å². The Morgan fingerprint density at radius 2 is 2.35 bits per heavy atom. The van der Waals surface area contributed by atoms with Gasteiger partial charge < -0.3 is 5.11 Å². The summed E-state index contributed by atoms with van der Waals surface area (Å²) in [5, 5.41) is 14.3. The van der Waals surface area contributed by atoms with Gasteiger partial charge in [-0.3, -0.25) is 9.69 Å². The number of hydrogen-bond donors (Lipinski definition) is 1. The molecular formula is C10H12N4O2S. The summed E-state index contributed by atoms with van der Waals surface area (Å²) in [4.78, 5) is 18.6. The van der Waals surface area contributed by atoms with E-state index in [2.05, 4.69) is 15.0 Å². The van der Waals surface area contributed by atoms with Crippen molar-refractivity contribution in [1.82, 2.24) is 19.5 Å². The minimum Gasteiger partial charge on any atom is -0.390 e. The van der Waals surface area contributed by atoms with E-state index in [4.69, 9.17) is 0 Å². The van der Waals surface area contributed by atoms with E-state index >= 15 is 0 Å². The topological polar surface area (TPSA) is 70.7 Å². The molecule has 0 bridgehead atoms. The highest BCUT2D eigenvalue weighted by Gasteiger charge is 2.25. The largest absolute Gasteiger partial charge is 0.390 e. The molecule has 0 aromatic carbocycles. The maximum absolute atomic E-state index is 11.6. The SMILES string of the molecule is Cc1cc(=O)n2nc(CN3CC(O)C3)sc2n1. The summed E-state index contributed by atoms with van der Waals surface area (Å²) in [6.45, 7) is 3.82. The first-order valence-corrected chi connectivity index (χ1v) is 6.20. The van der Waals surface area contributed by atoms with E-state index in [1.54, 1.807) is 6.92 Å². The fraction of sp³-hybridized carbons (Fsp3) is 0.500. The fourth-order valence-corrected chi connectivity index (χ4v) is 2.87. The molecule has 0 amide bonds. The number of aliphatic hydroxyl groups is 1. The molecule has 3 rings (SSSR count). The molecule has 0 radical (unpaired) electrons. The van der Waals surface area contributed by atoms with E-state index in [1.165, 1.54) is 21.9 Å². The Morgan fingerprint density at radius 1 is 1.59 bits per heavy atom. The van der Waals surface area contributed by atoms with Crippen molar-refractivity contribution in [1.29, 1.82) is 0 Å². The predicted octanol–water partition coefficient (Wildman–Crippen LogP) is -0.364. The van der Waals surface area contributed by atoms with Gasteiger partial charge in [0.25, 0.3) is 5.56 Å². The highest BCUT2D eigenvalue weighted by molar-refractivity contribution is 7.16. The smallest absolute Gasteiger partial charge is 0.275 e. The highest BCUT2D eigenvalue weighted by Crippen LogP contribution is 2.17. The lowest BCUT2D eigenvalue weighted by Gasteiger charge is -2.34. The first-order valence-electron chi connectivity index (χ1n) is 5.38. The molecule has 0 spiro atoms. The van der Waals surface area contributed by atoms with Gasteiger partial charge in [0.2, 0.25) is 4.96 Å². The van der Waals surface area contributed by atoms with E-state index in [-0.39, 0.29) is 11.7 Å². The molecule has 0 unspecified atom stereocenters. The Kier molecular flexibility index (Phi) is 2.46. The van der Waals surface area contributed by atoms with Gasteiger partial charge in [-0.2, -0.15) is 9.61 Å². The molecule has 1 aliphatic heterocycles. The summed E-state index contributed by atoms with van der Waals surface area (Å²) in [5.74, 6) is 0. The molecule has 90 valence electrons. The third kappa shape index (κ3) is 1.97. The number of nitrogens with zero attached hydrogens (tertiary/aromatic N) is 4. The number of aliphatic hydroxyl groups excluding tert-OH is 1. The van der Waals surface area contributed by atoms with Crippen molar-refractivity contribution in [2.45, 2.75) is 19.6 Å². The van der Waals surface area contributed by atoms with E-state index in [0.717, 1.165) is 5.01 Å². The van der Waals surface area contributed by atoms with Crippen LogP contribution in [0.5, 0.6) is 0 Å². The van der Waals surface area contributed by atoms with Gasteiger partial charge >= 0.3 is 0 Å². The van der Waals surface area contributed by atoms with Crippen molar-refractivity contribution in [2.24, 2.45) is 0 Å². The molecule has 0 aliphatic carbocycles. The average Bonchev–Trinajstić information content (AvgIpc) is 2.58. The Balaban J connectivity index is 1.91. The zero-order chi connectivity index (χ0) is 12.0. The van der Waals surface area contributed by atoms with Gasteiger partial charge in [-0.25, -0.2) is 4.98 Å². The van der Waals surface area contributed by atoms with E-state index in [1.807, 2.05) is 0 Å². The van der Waals surface area contributed by atoms with Gasteiger partial charge in [-0.05, 0) is 6.92 Å². The maximum Gasteiger partial charge on any atom is 0.275 e. The van der Waals surface area contributed by atoms with Crippen molar-refractivity contribution in [3.8, 4) is 0 Å². The number of likely N-dealkylation sites (tertiary alicyclic amines) is 1. The lowest BCUT2D eigenvalue weighted by atomic mass is 10.2. The molecule has 3 heterocycles. The van der Waals surface area contributed by atoms with Crippen LogP contribution in [-0.4, -0.2) is 43.8 Å². The Morgan fingerprint density at radius 3 is 3.06 bits per heavy atom. The lowest BCUT2D eigenvalue weighted by molar-refractivity contribution is -0.00303. The molecule has 17 heavy (non-hydrogen) atoms. The van der Waals surface area contributed by atoms with Crippen LogP contribution in [0, 0.1) is 6.92 Å². The van der Waals surface area contributed by atoms with Crippen LogP contribution in [0.25, 0.3) is 4.96 Å². The number of aromatic nitrogens is 3. The molecule has 6 nitrogen and oxygen atoms in total. The Bertz CT molecular complexity index is 614. The van der Waals surface area contributed by atoms with Gasteiger partial charge in [-0.15, -0.1) is 0 Å². The molecule has 1 N–H and O–H groups in total. The van der Waals surface area contributed by atoms with Crippen LogP contribution in [0.3, 0.4) is 0 Å². The van der Waals surface area contributed by atoms with Crippen LogP contribution in [0.15, 0.2) is 10.9 Å². The molecule has 1 aliphatic rings. The quantitative estimate of drug-likeness (QED) is 0.790. The molecular weight excluding hydrogens is 240 g/mol. The van der Waals surface area contributed by atoms with Gasteiger partial charge in [0, 0.05) is 24.8 Å². The molecule has 0 atom stereocenters. The van der Waals surface area contributed by atoms with Gasteiger partial charge in [0.05, 0.1) is 12.6 Å². The summed E-state index contributed by atoms with van der Waals surface area (Å²) in [6, 6.07) is 1.48. The van der Waals surface area contributed by atoms with Crippen LogP contribution >= 0.6 is 11.3 Å². The molecule has 7 heteroatoms. The number of aryl methyl sites for hydroxylation is 1. The van der Waals surface area contributed by atoms with Crippen molar-refractivity contribution in [2.75, 3.05) is 13.1 Å². The summed E-state index contributed by atoms with van der Waals surface area (Å²) >= 11 is 1.42. The highest BCUT2D eigenvalue weighted by atomic mass is 32.1. The average molecular weight is 252 g/mol. The second-order valence-electron chi connectivity index (χ2n) is 4.27. The number of fused-ring (bicyclic) bond motifs is 1. The molecule has 2 aromatic rings. The molecule has 0 saturated carbocycles. The standard InChI is InChI=1S/C10H12N4O2S/c1-6-2-9(16)14-10(11-6)17-8(12-14)5-13-3-7(15)4-13/h2,7,15H,3-5H2,1H3. The molecule has 2 aromatic heterocycles. The fourth-order valence-electron chi connectivity index (χ4n) is 1.89. The van der Waals surface area contributed by atoms with Crippen LogP contribution in [0.4, 0.5) is 0 Å². The summed E-state index contributed by atoms with van der Waals surface area (Å²) in [5.41, 5.74) is 0.572. The first kappa shape index (κ1) is 10.8. The van der Waals surface area contributed by atoms with Crippen molar-refractivity contribution in [3.05, 3.63) is 27.1 Å². The monoisotopic (exact) mass is 252 g/mol. The van der Waals surface area contributed by atoms with Crippen molar-refractivity contribution in [3.63, 3.8) is 0 Å². The van der Waals surface area contributed by atoms with E-state index in [0.29, 0.717) is 30.3 Å². The minimum absolute atomic E-state index is 0.140.